The Bertz CT molecular complexity index is 411. The molecule has 0 unspecified atom stereocenters. The Morgan fingerprint density at radius 2 is 1.85 bits per heavy atom. The number of fused-ring (bicyclic) bond motifs is 2. The van der Waals surface area contributed by atoms with Crippen molar-refractivity contribution in [3.63, 3.8) is 0 Å². The van der Waals surface area contributed by atoms with Crippen molar-refractivity contribution in [1.82, 2.24) is 0 Å². The molecule has 2 rings (SSSR count). The molecule has 0 radical (unpaired) electrons. The maximum absolute atomic E-state index is 7.78. The normalized spacial score (nSPS) is 16.5. The second-order valence-corrected chi connectivity index (χ2v) is 3.15. The van der Waals surface area contributed by atoms with Crippen molar-refractivity contribution in [2.75, 3.05) is 0 Å². The molecule has 1 aliphatic carbocycles. The molecule has 1 aromatic rings. The quantitative estimate of drug-likeness (QED) is 0.617. The molecule has 1 nitrogen and oxygen atoms in total. The van der Waals surface area contributed by atoms with E-state index in [0.29, 0.717) is 5.71 Å². The van der Waals surface area contributed by atoms with E-state index in [1.165, 1.54) is 11.1 Å². The largest absolute Gasteiger partial charge is 0.300 e. The van der Waals surface area contributed by atoms with Crippen molar-refractivity contribution < 1.29 is 0 Å². The van der Waals surface area contributed by atoms with Crippen molar-refractivity contribution in [2.24, 2.45) is 0 Å². The van der Waals surface area contributed by atoms with Crippen LogP contribution < -0.4 is 0 Å². The SMILES string of the molecule is Cc1c2cccc1C(=N)/C=C\C=C2. The summed E-state index contributed by atoms with van der Waals surface area (Å²) in [6.07, 6.45) is 7.77. The van der Waals surface area contributed by atoms with Gasteiger partial charge in [-0.3, -0.25) is 0 Å². The summed E-state index contributed by atoms with van der Waals surface area (Å²) in [6, 6.07) is 6.06. The second kappa shape index (κ2) is 3.02. The van der Waals surface area contributed by atoms with E-state index < -0.39 is 0 Å². The first-order valence-electron chi connectivity index (χ1n) is 4.32. The summed E-state index contributed by atoms with van der Waals surface area (Å²) >= 11 is 0. The Morgan fingerprint density at radius 1 is 1.08 bits per heavy atom. The first-order chi connectivity index (χ1) is 6.29. The lowest BCUT2D eigenvalue weighted by atomic mass is 9.97. The van der Waals surface area contributed by atoms with E-state index in [2.05, 4.69) is 19.1 Å². The van der Waals surface area contributed by atoms with Gasteiger partial charge in [-0.1, -0.05) is 36.4 Å². The minimum atomic E-state index is 0.587. The van der Waals surface area contributed by atoms with Gasteiger partial charge in [0.25, 0.3) is 0 Å². The fourth-order valence-electron chi connectivity index (χ4n) is 1.53. The Balaban J connectivity index is 2.72. The summed E-state index contributed by atoms with van der Waals surface area (Å²) in [5.41, 5.74) is 4.00. The minimum Gasteiger partial charge on any atom is -0.300 e. The molecule has 0 atom stereocenters. The van der Waals surface area contributed by atoms with Crippen LogP contribution >= 0.6 is 0 Å². The maximum atomic E-state index is 7.78. The lowest BCUT2D eigenvalue weighted by molar-refractivity contribution is 1.38. The van der Waals surface area contributed by atoms with Gasteiger partial charge in [-0.15, -0.1) is 0 Å². The number of nitrogens with one attached hydrogen (secondary N) is 1. The molecule has 1 N–H and O–H groups in total. The molecule has 1 aromatic carbocycles. The zero-order valence-electron chi connectivity index (χ0n) is 7.54. The first-order valence-corrected chi connectivity index (χ1v) is 4.32. The van der Waals surface area contributed by atoms with Crippen LogP contribution in [0, 0.1) is 12.3 Å². The van der Waals surface area contributed by atoms with Gasteiger partial charge in [0.1, 0.15) is 0 Å². The van der Waals surface area contributed by atoms with Crippen LogP contribution in [0.1, 0.15) is 16.7 Å². The lowest BCUT2D eigenvalue weighted by Crippen LogP contribution is -2.00. The zero-order valence-corrected chi connectivity index (χ0v) is 7.54. The Kier molecular flexibility index (Phi) is 1.85. The Labute approximate surface area is 77.9 Å². The zero-order chi connectivity index (χ0) is 9.26. The molecule has 0 aliphatic heterocycles. The average molecular weight is 169 g/mol. The van der Waals surface area contributed by atoms with Crippen LogP contribution in [-0.4, -0.2) is 5.71 Å². The monoisotopic (exact) mass is 169 g/mol. The van der Waals surface area contributed by atoms with Crippen LogP contribution in [0.5, 0.6) is 0 Å². The predicted molar refractivity (Wildman–Crippen MR) is 56.2 cm³/mol. The smallest absolute Gasteiger partial charge is 0.0615 e. The summed E-state index contributed by atoms with van der Waals surface area (Å²) in [6.45, 7) is 2.06. The van der Waals surface area contributed by atoms with E-state index in [1.807, 2.05) is 30.4 Å². The van der Waals surface area contributed by atoms with E-state index in [-0.39, 0.29) is 0 Å². The molecule has 1 aliphatic rings. The summed E-state index contributed by atoms with van der Waals surface area (Å²) in [5, 5.41) is 7.78. The minimum absolute atomic E-state index is 0.587. The fraction of sp³-hybridized carbons (Fsp3) is 0.0833. The van der Waals surface area contributed by atoms with Gasteiger partial charge < -0.3 is 5.41 Å². The van der Waals surface area contributed by atoms with Crippen molar-refractivity contribution in [2.45, 2.75) is 6.92 Å². The molecule has 0 aromatic heterocycles. The predicted octanol–water partition coefficient (Wildman–Crippen LogP) is 2.95. The van der Waals surface area contributed by atoms with E-state index >= 15 is 0 Å². The standard InChI is InChI=1S/C12H11N/c1-9-10-5-2-3-8-12(13)11(9)7-4-6-10/h2-8,13H,1H3/b5-2?,8-3-,13-12?. The molecule has 0 fully saturated rings. The number of benzene rings is 1. The molecule has 2 bridgehead atoms. The summed E-state index contributed by atoms with van der Waals surface area (Å²) < 4.78 is 0. The number of allylic oxidation sites excluding steroid dienone is 3. The molecule has 0 spiro atoms. The summed E-state index contributed by atoms with van der Waals surface area (Å²) in [7, 11) is 0. The van der Waals surface area contributed by atoms with Gasteiger partial charge in [-0.25, -0.2) is 0 Å². The third-order valence-electron chi connectivity index (χ3n) is 2.32. The summed E-state index contributed by atoms with van der Waals surface area (Å²) in [4.78, 5) is 0. The highest BCUT2D eigenvalue weighted by Crippen LogP contribution is 2.17. The van der Waals surface area contributed by atoms with Crippen LogP contribution in [0.3, 0.4) is 0 Å². The van der Waals surface area contributed by atoms with Gasteiger partial charge >= 0.3 is 0 Å². The highest BCUT2D eigenvalue weighted by atomic mass is 14.4. The maximum Gasteiger partial charge on any atom is 0.0615 e. The molecule has 13 heavy (non-hydrogen) atoms. The van der Waals surface area contributed by atoms with Crippen molar-refractivity contribution in [3.8, 4) is 0 Å². The first kappa shape index (κ1) is 7.99. The highest BCUT2D eigenvalue weighted by Gasteiger charge is 2.05. The fourth-order valence-corrected chi connectivity index (χ4v) is 1.53. The van der Waals surface area contributed by atoms with E-state index in [4.69, 9.17) is 5.41 Å². The topological polar surface area (TPSA) is 23.9 Å². The van der Waals surface area contributed by atoms with Gasteiger partial charge in [-0.2, -0.15) is 0 Å². The van der Waals surface area contributed by atoms with E-state index in [9.17, 15) is 0 Å². The van der Waals surface area contributed by atoms with Crippen LogP contribution in [0.4, 0.5) is 0 Å². The molecule has 0 saturated heterocycles. The van der Waals surface area contributed by atoms with E-state index in [1.54, 1.807) is 0 Å². The third kappa shape index (κ3) is 1.33. The van der Waals surface area contributed by atoms with Crippen molar-refractivity contribution in [3.05, 3.63) is 53.1 Å². The molecule has 0 amide bonds. The van der Waals surface area contributed by atoms with Crippen LogP contribution in [0.25, 0.3) is 6.08 Å². The van der Waals surface area contributed by atoms with Crippen LogP contribution in [0.2, 0.25) is 0 Å². The molecule has 64 valence electrons. The summed E-state index contributed by atoms with van der Waals surface area (Å²) in [5.74, 6) is 0. The Morgan fingerprint density at radius 3 is 2.69 bits per heavy atom. The van der Waals surface area contributed by atoms with Gasteiger partial charge in [0.2, 0.25) is 0 Å². The molecule has 0 heterocycles. The van der Waals surface area contributed by atoms with Gasteiger partial charge in [0.05, 0.1) is 5.71 Å². The van der Waals surface area contributed by atoms with E-state index in [0.717, 1.165) is 5.56 Å². The van der Waals surface area contributed by atoms with Gasteiger partial charge in [-0.05, 0) is 24.1 Å². The third-order valence-corrected chi connectivity index (χ3v) is 2.32. The number of rotatable bonds is 0. The van der Waals surface area contributed by atoms with Gasteiger partial charge in [0, 0.05) is 5.56 Å². The van der Waals surface area contributed by atoms with Crippen molar-refractivity contribution in [1.29, 1.82) is 5.41 Å². The van der Waals surface area contributed by atoms with Crippen molar-refractivity contribution >= 4 is 11.8 Å². The number of hydrogen-bond donors (Lipinski definition) is 1. The highest BCUT2D eigenvalue weighted by molar-refractivity contribution is 6.08. The molecular formula is C12H11N. The molecule has 0 saturated carbocycles. The second-order valence-electron chi connectivity index (χ2n) is 3.15. The molecular weight excluding hydrogens is 158 g/mol. The lowest BCUT2D eigenvalue weighted by Gasteiger charge is -2.08. The van der Waals surface area contributed by atoms with Crippen LogP contribution in [0.15, 0.2) is 36.4 Å². The Hall–Kier alpha value is -1.63. The number of hydrogen-bond acceptors (Lipinski definition) is 1. The van der Waals surface area contributed by atoms with Crippen LogP contribution in [-0.2, 0) is 0 Å². The van der Waals surface area contributed by atoms with Gasteiger partial charge in [0.15, 0.2) is 0 Å². The molecule has 1 heteroatoms. The average Bonchev–Trinajstić information content (AvgIpc) is 2.14.